The van der Waals surface area contributed by atoms with Crippen molar-refractivity contribution in [1.29, 1.82) is 0 Å². The Morgan fingerprint density at radius 3 is 2.61 bits per heavy atom. The van der Waals surface area contributed by atoms with E-state index in [0.29, 0.717) is 52.1 Å². The monoisotopic (exact) mass is 446 g/mol. The molecule has 4 rings (SSSR count). The van der Waals surface area contributed by atoms with Crippen molar-refractivity contribution in [3.63, 3.8) is 0 Å². The molecule has 0 unspecified atom stereocenters. The van der Waals surface area contributed by atoms with Crippen molar-refractivity contribution in [3.8, 4) is 17.1 Å². The van der Waals surface area contributed by atoms with E-state index in [1.54, 1.807) is 38.2 Å². The quantitative estimate of drug-likeness (QED) is 0.348. The number of ketones is 1. The fourth-order valence-electron chi connectivity index (χ4n) is 3.22. The van der Waals surface area contributed by atoms with Crippen LogP contribution < -0.4 is 20.9 Å². The van der Waals surface area contributed by atoms with Crippen LogP contribution in [0.15, 0.2) is 54.0 Å². The summed E-state index contributed by atoms with van der Waals surface area (Å²) in [5, 5.41) is 10.7. The zero-order valence-electron chi connectivity index (χ0n) is 18.3. The SMILES string of the molecule is CCC(=O)c1cnc(Nc2c[nH]c(=O)cn2)cc1Nc1cccc(-c2ncn(C)n2)c1OC. The molecule has 0 aliphatic carbocycles. The Bertz CT molecular complexity index is 1340. The lowest BCUT2D eigenvalue weighted by Crippen LogP contribution is -2.08. The van der Waals surface area contributed by atoms with Gasteiger partial charge in [-0.1, -0.05) is 13.0 Å². The Labute approximate surface area is 188 Å². The number of pyridine rings is 1. The second-order valence-electron chi connectivity index (χ2n) is 7.07. The molecule has 11 heteroatoms. The maximum atomic E-state index is 12.6. The number of anilines is 4. The van der Waals surface area contributed by atoms with E-state index in [1.165, 1.54) is 18.6 Å². The number of nitrogens with one attached hydrogen (secondary N) is 3. The highest BCUT2D eigenvalue weighted by Gasteiger charge is 2.18. The third kappa shape index (κ3) is 4.71. The van der Waals surface area contributed by atoms with E-state index in [-0.39, 0.29) is 11.3 Å². The van der Waals surface area contributed by atoms with Crippen molar-refractivity contribution in [3.05, 3.63) is 65.1 Å². The topological polar surface area (TPSA) is 140 Å². The van der Waals surface area contributed by atoms with Crippen molar-refractivity contribution >= 4 is 28.8 Å². The van der Waals surface area contributed by atoms with Crippen LogP contribution in [0.1, 0.15) is 23.7 Å². The van der Waals surface area contributed by atoms with Crippen molar-refractivity contribution in [2.24, 2.45) is 7.05 Å². The second-order valence-corrected chi connectivity index (χ2v) is 7.07. The van der Waals surface area contributed by atoms with Crippen LogP contribution in [0.2, 0.25) is 0 Å². The number of H-pyrrole nitrogens is 1. The first-order valence-corrected chi connectivity index (χ1v) is 10.1. The summed E-state index contributed by atoms with van der Waals surface area (Å²) in [6, 6.07) is 7.24. The van der Waals surface area contributed by atoms with Crippen LogP contribution >= 0.6 is 0 Å². The number of carbonyl (C=O) groups is 1. The van der Waals surface area contributed by atoms with Gasteiger partial charge in [0.1, 0.15) is 18.0 Å². The number of para-hydroxylation sites is 1. The number of nitrogens with zero attached hydrogens (tertiary/aromatic N) is 5. The van der Waals surface area contributed by atoms with Gasteiger partial charge in [-0.3, -0.25) is 14.3 Å². The maximum absolute atomic E-state index is 12.6. The van der Waals surface area contributed by atoms with Crippen LogP contribution in [-0.2, 0) is 7.05 Å². The lowest BCUT2D eigenvalue weighted by Gasteiger charge is -2.16. The number of aromatic amines is 1. The first kappa shape index (κ1) is 21.7. The highest BCUT2D eigenvalue weighted by atomic mass is 16.5. The smallest absolute Gasteiger partial charge is 0.266 e. The van der Waals surface area contributed by atoms with E-state index in [2.05, 4.69) is 35.7 Å². The minimum absolute atomic E-state index is 0.0692. The van der Waals surface area contributed by atoms with Crippen LogP contribution in [0.5, 0.6) is 5.75 Å². The molecular formula is C22H22N8O3. The van der Waals surface area contributed by atoms with E-state index in [1.807, 2.05) is 18.2 Å². The molecule has 0 atom stereocenters. The number of hydrogen-bond donors (Lipinski definition) is 3. The fraction of sp³-hybridized carbons (Fsp3) is 0.182. The Balaban J connectivity index is 1.73. The van der Waals surface area contributed by atoms with Gasteiger partial charge >= 0.3 is 0 Å². The van der Waals surface area contributed by atoms with Crippen LogP contribution in [-0.4, -0.2) is 42.6 Å². The number of ether oxygens (including phenoxy) is 1. The molecule has 0 bridgehead atoms. The van der Waals surface area contributed by atoms with Gasteiger partial charge in [0.25, 0.3) is 5.56 Å². The van der Waals surface area contributed by atoms with Gasteiger partial charge in [0.05, 0.1) is 35.8 Å². The molecule has 168 valence electrons. The molecule has 0 saturated carbocycles. The third-order valence-corrected chi connectivity index (χ3v) is 4.78. The molecule has 0 amide bonds. The van der Waals surface area contributed by atoms with Crippen molar-refractivity contribution < 1.29 is 9.53 Å². The van der Waals surface area contributed by atoms with E-state index < -0.39 is 0 Å². The van der Waals surface area contributed by atoms with E-state index in [4.69, 9.17) is 4.74 Å². The first-order chi connectivity index (χ1) is 16.0. The van der Waals surface area contributed by atoms with Crippen LogP contribution in [0.3, 0.4) is 0 Å². The number of methoxy groups -OCH3 is 1. The Hall–Kier alpha value is -4.54. The number of carbonyl (C=O) groups excluding carboxylic acids is 1. The van der Waals surface area contributed by atoms with E-state index in [9.17, 15) is 9.59 Å². The zero-order chi connectivity index (χ0) is 23.4. The predicted octanol–water partition coefficient (Wildman–Crippen LogP) is 3.05. The van der Waals surface area contributed by atoms with Gasteiger partial charge in [0.15, 0.2) is 17.4 Å². The number of benzene rings is 1. The molecule has 0 fully saturated rings. The van der Waals surface area contributed by atoms with Crippen molar-refractivity contribution in [2.45, 2.75) is 13.3 Å². The zero-order valence-corrected chi connectivity index (χ0v) is 18.3. The second kappa shape index (κ2) is 9.30. The largest absolute Gasteiger partial charge is 0.494 e. The van der Waals surface area contributed by atoms with Gasteiger partial charge in [-0.05, 0) is 12.1 Å². The third-order valence-electron chi connectivity index (χ3n) is 4.78. The molecule has 0 aliphatic rings. The first-order valence-electron chi connectivity index (χ1n) is 10.1. The van der Waals surface area contributed by atoms with Gasteiger partial charge < -0.3 is 20.4 Å². The van der Waals surface area contributed by atoms with Crippen molar-refractivity contribution in [2.75, 3.05) is 17.7 Å². The number of hydrogen-bond acceptors (Lipinski definition) is 9. The summed E-state index contributed by atoms with van der Waals surface area (Å²) in [4.78, 5) is 39.0. The number of aromatic nitrogens is 6. The molecular weight excluding hydrogens is 424 g/mol. The molecule has 11 nitrogen and oxygen atoms in total. The minimum Gasteiger partial charge on any atom is -0.494 e. The van der Waals surface area contributed by atoms with Gasteiger partial charge in [-0.25, -0.2) is 15.0 Å². The molecule has 33 heavy (non-hydrogen) atoms. The normalized spacial score (nSPS) is 10.6. The molecule has 1 aromatic carbocycles. The van der Waals surface area contributed by atoms with E-state index in [0.717, 1.165) is 0 Å². The molecule has 4 aromatic rings. The maximum Gasteiger partial charge on any atom is 0.266 e. The minimum atomic E-state index is -0.311. The molecule has 3 N–H and O–H groups in total. The van der Waals surface area contributed by atoms with Gasteiger partial charge in [0, 0.05) is 31.9 Å². The molecule has 3 aromatic heterocycles. The van der Waals surface area contributed by atoms with Crippen LogP contribution in [0.25, 0.3) is 11.4 Å². The number of Topliss-reactive ketones (excluding diaryl/α,β-unsaturated/α-hetero) is 1. The van der Waals surface area contributed by atoms with Crippen LogP contribution in [0.4, 0.5) is 23.0 Å². The number of aryl methyl sites for hydroxylation is 1. The lowest BCUT2D eigenvalue weighted by atomic mass is 10.1. The molecule has 0 saturated heterocycles. The Kier molecular flexibility index (Phi) is 6.11. The van der Waals surface area contributed by atoms with Crippen LogP contribution in [0, 0.1) is 0 Å². The summed E-state index contributed by atoms with van der Waals surface area (Å²) >= 11 is 0. The average molecular weight is 446 g/mol. The molecule has 0 aliphatic heterocycles. The van der Waals surface area contributed by atoms with Gasteiger partial charge in [-0.2, -0.15) is 5.10 Å². The highest BCUT2D eigenvalue weighted by Crippen LogP contribution is 2.37. The van der Waals surface area contributed by atoms with Crippen molar-refractivity contribution in [1.82, 2.24) is 29.7 Å². The van der Waals surface area contributed by atoms with Gasteiger partial charge in [-0.15, -0.1) is 0 Å². The average Bonchev–Trinajstić information content (AvgIpc) is 3.26. The lowest BCUT2D eigenvalue weighted by molar-refractivity contribution is 0.0988. The highest BCUT2D eigenvalue weighted by molar-refractivity contribution is 6.02. The van der Waals surface area contributed by atoms with E-state index >= 15 is 0 Å². The summed E-state index contributed by atoms with van der Waals surface area (Å²) in [5.41, 5.74) is 1.99. The summed E-state index contributed by atoms with van der Waals surface area (Å²) in [7, 11) is 3.35. The summed E-state index contributed by atoms with van der Waals surface area (Å²) in [6.45, 7) is 1.79. The van der Waals surface area contributed by atoms with Gasteiger partial charge in [0.2, 0.25) is 0 Å². The Morgan fingerprint density at radius 2 is 1.94 bits per heavy atom. The molecule has 0 spiro atoms. The standard InChI is InChI=1S/C22H22N8O3/c1-4-17(31)14-9-23-18(28-19-10-25-20(32)11-24-19)8-16(14)27-15-7-5-6-13(21(15)33-3)22-26-12-30(2)29-22/h5-12H,4H2,1-3H3,(H,25,32)(H2,23,24,27,28). The molecule has 0 radical (unpaired) electrons. The Morgan fingerprint density at radius 1 is 1.12 bits per heavy atom. The number of rotatable bonds is 8. The summed E-state index contributed by atoms with van der Waals surface area (Å²) in [6.07, 6.45) is 6.03. The predicted molar refractivity (Wildman–Crippen MR) is 123 cm³/mol. The fourth-order valence-corrected chi connectivity index (χ4v) is 3.22. The summed E-state index contributed by atoms with van der Waals surface area (Å²) < 4.78 is 7.27. The summed E-state index contributed by atoms with van der Waals surface area (Å²) in [5.74, 6) is 1.83. The molecule has 3 heterocycles.